The zero-order chi connectivity index (χ0) is 16.1. The first kappa shape index (κ1) is 18.3. The van der Waals surface area contributed by atoms with Gasteiger partial charge in [-0.3, -0.25) is 0 Å². The number of rotatable bonds is 4. The highest BCUT2D eigenvalue weighted by molar-refractivity contribution is 6.15. The predicted octanol–water partition coefficient (Wildman–Crippen LogP) is 2.53. The largest absolute Gasteiger partial charge is 0.462 e. The summed E-state index contributed by atoms with van der Waals surface area (Å²) in [5.41, 5.74) is -5.46. The van der Waals surface area contributed by atoms with Crippen LogP contribution in [-0.2, 0) is 19.1 Å². The van der Waals surface area contributed by atoms with Gasteiger partial charge in [0.05, 0.1) is 13.2 Å². The third kappa shape index (κ3) is 4.74. The molecule has 0 aliphatic rings. The van der Waals surface area contributed by atoms with Gasteiger partial charge in [-0.2, -0.15) is 26.3 Å². The Bertz CT molecular complexity index is 371. The monoisotopic (exact) mass is 308 g/mol. The van der Waals surface area contributed by atoms with Crippen molar-refractivity contribution >= 4 is 11.9 Å². The molecule has 0 aromatic carbocycles. The number of esters is 2. The van der Waals surface area contributed by atoms with Crippen LogP contribution in [0.25, 0.3) is 0 Å². The van der Waals surface area contributed by atoms with Crippen LogP contribution in [0.1, 0.15) is 13.8 Å². The maximum atomic E-state index is 12.5. The lowest BCUT2D eigenvalue weighted by atomic mass is 10.1. The van der Waals surface area contributed by atoms with Crippen LogP contribution < -0.4 is 0 Å². The molecular formula is C10H10F6O4. The van der Waals surface area contributed by atoms with Gasteiger partial charge in [0, 0.05) is 0 Å². The standard InChI is InChI=1S/C10H10F6O4/c1-3-19-7(17)5(8(18)20-4-2)6(9(11,12)13)10(14,15)16/h3-4H2,1-2H3. The first-order valence-corrected chi connectivity index (χ1v) is 5.19. The zero-order valence-electron chi connectivity index (χ0n) is 10.3. The van der Waals surface area contributed by atoms with Gasteiger partial charge in [-0.05, 0) is 13.8 Å². The molecule has 10 heteroatoms. The highest BCUT2D eigenvalue weighted by Crippen LogP contribution is 2.41. The van der Waals surface area contributed by atoms with Crippen LogP contribution >= 0.6 is 0 Å². The normalized spacial score (nSPS) is 11.8. The number of alkyl halides is 6. The summed E-state index contributed by atoms with van der Waals surface area (Å²) in [6.45, 7) is 1.29. The molecule has 0 unspecified atom stereocenters. The Kier molecular flexibility index (Phi) is 6.04. The van der Waals surface area contributed by atoms with Crippen LogP contribution in [0.3, 0.4) is 0 Å². The van der Waals surface area contributed by atoms with E-state index in [-0.39, 0.29) is 0 Å². The number of carbonyl (C=O) groups excluding carboxylic acids is 2. The van der Waals surface area contributed by atoms with Crippen LogP contribution in [0.5, 0.6) is 0 Å². The van der Waals surface area contributed by atoms with E-state index in [4.69, 9.17) is 0 Å². The molecule has 0 saturated carbocycles. The predicted molar refractivity (Wildman–Crippen MR) is 52.4 cm³/mol. The van der Waals surface area contributed by atoms with E-state index in [1.165, 1.54) is 0 Å². The van der Waals surface area contributed by atoms with E-state index in [2.05, 4.69) is 9.47 Å². The second kappa shape index (κ2) is 6.62. The molecule has 0 rings (SSSR count). The SMILES string of the molecule is CCOC(=O)C(C(=O)OCC)=C(C(F)(F)F)C(F)(F)F. The lowest BCUT2D eigenvalue weighted by Gasteiger charge is -2.18. The molecule has 0 aromatic rings. The Morgan fingerprint density at radius 1 is 0.800 bits per heavy atom. The molecule has 4 nitrogen and oxygen atoms in total. The van der Waals surface area contributed by atoms with Crippen molar-refractivity contribution in [2.24, 2.45) is 0 Å². The maximum absolute atomic E-state index is 12.5. The van der Waals surface area contributed by atoms with E-state index in [1.54, 1.807) is 0 Å². The molecule has 0 bridgehead atoms. The summed E-state index contributed by atoms with van der Waals surface area (Å²) in [7, 11) is 0. The van der Waals surface area contributed by atoms with Gasteiger partial charge in [-0.15, -0.1) is 0 Å². The number of hydrogen-bond acceptors (Lipinski definition) is 4. The van der Waals surface area contributed by atoms with Crippen molar-refractivity contribution in [3.05, 3.63) is 11.1 Å². The number of halogens is 6. The van der Waals surface area contributed by atoms with Crippen molar-refractivity contribution in [3.8, 4) is 0 Å². The minimum atomic E-state index is -5.97. The van der Waals surface area contributed by atoms with E-state index in [0.29, 0.717) is 0 Å². The minimum absolute atomic E-state index is 0.509. The van der Waals surface area contributed by atoms with E-state index in [0.717, 1.165) is 13.8 Å². The van der Waals surface area contributed by atoms with Gasteiger partial charge in [0.25, 0.3) is 0 Å². The molecule has 0 saturated heterocycles. The smallest absolute Gasteiger partial charge is 0.422 e. The Balaban J connectivity index is 6.15. The zero-order valence-corrected chi connectivity index (χ0v) is 10.3. The molecule has 0 fully saturated rings. The fourth-order valence-electron chi connectivity index (χ4n) is 1.14. The van der Waals surface area contributed by atoms with Crippen molar-refractivity contribution in [2.45, 2.75) is 26.2 Å². The first-order valence-electron chi connectivity index (χ1n) is 5.19. The quantitative estimate of drug-likeness (QED) is 0.263. The molecule has 0 aromatic heterocycles. The Hall–Kier alpha value is -1.74. The second-order valence-electron chi connectivity index (χ2n) is 3.19. The van der Waals surface area contributed by atoms with Gasteiger partial charge in [-0.1, -0.05) is 0 Å². The van der Waals surface area contributed by atoms with Crippen molar-refractivity contribution in [3.63, 3.8) is 0 Å². The van der Waals surface area contributed by atoms with E-state index in [9.17, 15) is 35.9 Å². The Morgan fingerprint density at radius 2 is 1.10 bits per heavy atom. The fourth-order valence-corrected chi connectivity index (χ4v) is 1.14. The molecule has 0 atom stereocenters. The molecule has 0 N–H and O–H groups in total. The van der Waals surface area contributed by atoms with Crippen LogP contribution in [0.15, 0.2) is 11.1 Å². The molecule has 0 radical (unpaired) electrons. The molecular weight excluding hydrogens is 298 g/mol. The molecule has 0 aliphatic carbocycles. The van der Waals surface area contributed by atoms with E-state index >= 15 is 0 Å². The topological polar surface area (TPSA) is 52.6 Å². The molecule has 0 aliphatic heterocycles. The van der Waals surface area contributed by atoms with Gasteiger partial charge >= 0.3 is 24.3 Å². The summed E-state index contributed by atoms with van der Waals surface area (Å²) in [5.74, 6) is -4.09. The summed E-state index contributed by atoms with van der Waals surface area (Å²) in [6.07, 6.45) is -11.9. The average molecular weight is 308 g/mol. The van der Waals surface area contributed by atoms with Crippen LogP contribution in [-0.4, -0.2) is 37.5 Å². The highest BCUT2D eigenvalue weighted by atomic mass is 19.4. The third-order valence-electron chi connectivity index (χ3n) is 1.78. The van der Waals surface area contributed by atoms with Crippen LogP contribution in [0.4, 0.5) is 26.3 Å². The summed E-state index contributed by atoms with van der Waals surface area (Å²) in [4.78, 5) is 22.4. The van der Waals surface area contributed by atoms with E-state index < -0.39 is 48.7 Å². The maximum Gasteiger partial charge on any atom is 0.422 e. The second-order valence-corrected chi connectivity index (χ2v) is 3.19. The lowest BCUT2D eigenvalue weighted by molar-refractivity contribution is -0.178. The van der Waals surface area contributed by atoms with Crippen LogP contribution in [0.2, 0.25) is 0 Å². The Labute approximate surface area is 109 Å². The third-order valence-corrected chi connectivity index (χ3v) is 1.78. The van der Waals surface area contributed by atoms with Gasteiger partial charge in [0.2, 0.25) is 0 Å². The van der Waals surface area contributed by atoms with Gasteiger partial charge in [-0.25, -0.2) is 9.59 Å². The average Bonchev–Trinajstić information content (AvgIpc) is 2.22. The number of ether oxygens (including phenoxy) is 2. The molecule has 20 heavy (non-hydrogen) atoms. The minimum Gasteiger partial charge on any atom is -0.462 e. The van der Waals surface area contributed by atoms with Crippen molar-refractivity contribution in [1.29, 1.82) is 0 Å². The fraction of sp³-hybridized carbons (Fsp3) is 0.600. The highest BCUT2D eigenvalue weighted by Gasteiger charge is 2.56. The number of carbonyl (C=O) groups is 2. The summed E-state index contributed by atoms with van der Waals surface area (Å²) >= 11 is 0. The van der Waals surface area contributed by atoms with Gasteiger partial charge in [0.15, 0.2) is 11.1 Å². The summed E-state index contributed by atoms with van der Waals surface area (Å²) in [6, 6.07) is 0. The van der Waals surface area contributed by atoms with E-state index in [1.807, 2.05) is 0 Å². The summed E-state index contributed by atoms with van der Waals surface area (Å²) in [5, 5.41) is 0. The first-order chi connectivity index (χ1) is 8.96. The van der Waals surface area contributed by atoms with Crippen LogP contribution in [0, 0.1) is 0 Å². The number of allylic oxidation sites excluding steroid dienone is 1. The Morgan fingerprint density at radius 3 is 1.30 bits per heavy atom. The van der Waals surface area contributed by atoms with Crippen molar-refractivity contribution < 1.29 is 45.4 Å². The van der Waals surface area contributed by atoms with Gasteiger partial charge < -0.3 is 9.47 Å². The van der Waals surface area contributed by atoms with Gasteiger partial charge in [0.1, 0.15) is 0 Å². The van der Waals surface area contributed by atoms with Crippen molar-refractivity contribution in [1.82, 2.24) is 0 Å². The molecule has 116 valence electrons. The van der Waals surface area contributed by atoms with Crippen molar-refractivity contribution in [2.75, 3.05) is 13.2 Å². The molecule has 0 spiro atoms. The molecule has 0 amide bonds. The molecule has 0 heterocycles. The number of hydrogen-bond donors (Lipinski definition) is 0. The summed E-state index contributed by atoms with van der Waals surface area (Å²) < 4.78 is 82.9. The lowest BCUT2D eigenvalue weighted by Crippen LogP contribution is -2.33.